The summed E-state index contributed by atoms with van der Waals surface area (Å²) < 4.78 is 1.14. The molecule has 0 saturated heterocycles. The first-order valence-corrected chi connectivity index (χ1v) is 9.84. The minimum atomic E-state index is 0.356. The molecule has 1 aromatic carbocycles. The molecule has 2 atom stereocenters. The first-order valence-electron chi connectivity index (χ1n) is 9.05. The van der Waals surface area contributed by atoms with Crippen molar-refractivity contribution in [3.8, 4) is 0 Å². The standard InChI is InChI=1S/C19H24BrN.C2H6.CH2O/c1-4-15(5-2)11-10-14(3)18-12-13-19(21-18)16-8-6-7-9-17(16)20;2*1-2/h4,6-10,15,18H,1,5,11-13H2,2-3H3;1-2H3;1H2/b14-10+;;. The Morgan fingerprint density at radius 1 is 1.36 bits per heavy atom. The van der Waals surface area contributed by atoms with Crippen LogP contribution in [0.5, 0.6) is 0 Å². The highest BCUT2D eigenvalue weighted by molar-refractivity contribution is 9.10. The molecular weight excluding hydrogens is 374 g/mol. The van der Waals surface area contributed by atoms with Crippen molar-refractivity contribution in [2.45, 2.75) is 59.4 Å². The van der Waals surface area contributed by atoms with E-state index in [1.165, 1.54) is 16.8 Å². The van der Waals surface area contributed by atoms with E-state index in [1.807, 2.05) is 26.7 Å². The number of hydrogen-bond acceptors (Lipinski definition) is 2. The normalized spacial score (nSPS) is 17.4. The van der Waals surface area contributed by atoms with Gasteiger partial charge in [0.25, 0.3) is 0 Å². The molecule has 138 valence electrons. The molecule has 0 spiro atoms. The van der Waals surface area contributed by atoms with Gasteiger partial charge in [0.1, 0.15) is 6.79 Å². The third-order valence-electron chi connectivity index (χ3n) is 4.28. The van der Waals surface area contributed by atoms with Crippen LogP contribution in [-0.2, 0) is 4.79 Å². The van der Waals surface area contributed by atoms with E-state index in [4.69, 9.17) is 9.79 Å². The maximum atomic E-state index is 8.00. The van der Waals surface area contributed by atoms with Gasteiger partial charge in [0, 0.05) is 15.7 Å². The molecule has 1 aliphatic rings. The van der Waals surface area contributed by atoms with Gasteiger partial charge in [-0.25, -0.2) is 0 Å². The quantitative estimate of drug-likeness (QED) is 0.478. The number of halogens is 1. The van der Waals surface area contributed by atoms with Gasteiger partial charge in [-0.15, -0.1) is 6.58 Å². The summed E-state index contributed by atoms with van der Waals surface area (Å²) in [5.74, 6) is 0.591. The summed E-state index contributed by atoms with van der Waals surface area (Å²) in [4.78, 5) is 12.9. The van der Waals surface area contributed by atoms with Crippen LogP contribution in [0, 0.1) is 5.92 Å². The Labute approximate surface area is 162 Å². The lowest BCUT2D eigenvalue weighted by Gasteiger charge is -2.10. The van der Waals surface area contributed by atoms with Gasteiger partial charge in [-0.3, -0.25) is 4.99 Å². The van der Waals surface area contributed by atoms with E-state index < -0.39 is 0 Å². The van der Waals surface area contributed by atoms with Crippen LogP contribution in [0.2, 0.25) is 0 Å². The second-order valence-electron chi connectivity index (χ2n) is 5.70. The molecule has 0 amide bonds. The molecule has 1 heterocycles. The molecule has 2 nitrogen and oxygen atoms in total. The lowest BCUT2D eigenvalue weighted by molar-refractivity contribution is -0.0979. The highest BCUT2D eigenvalue weighted by atomic mass is 79.9. The second-order valence-corrected chi connectivity index (χ2v) is 6.55. The molecule has 2 rings (SSSR count). The maximum Gasteiger partial charge on any atom is 0.106 e. The number of hydrogen-bond donors (Lipinski definition) is 0. The van der Waals surface area contributed by atoms with Crippen LogP contribution in [0.25, 0.3) is 0 Å². The average molecular weight is 406 g/mol. The van der Waals surface area contributed by atoms with Crippen molar-refractivity contribution in [3.63, 3.8) is 0 Å². The molecular formula is C22H32BrNO. The molecule has 0 N–H and O–H groups in total. The fraction of sp³-hybridized carbons (Fsp3) is 0.455. The van der Waals surface area contributed by atoms with Crippen LogP contribution < -0.4 is 0 Å². The van der Waals surface area contributed by atoms with E-state index in [2.05, 4.69) is 66.7 Å². The van der Waals surface area contributed by atoms with Gasteiger partial charge in [-0.1, -0.05) is 72.6 Å². The highest BCUT2D eigenvalue weighted by Crippen LogP contribution is 2.27. The predicted molar refractivity (Wildman–Crippen MR) is 115 cm³/mol. The molecule has 0 bridgehead atoms. The number of carbonyl (C=O) groups is 1. The van der Waals surface area contributed by atoms with E-state index in [1.54, 1.807) is 0 Å². The van der Waals surface area contributed by atoms with E-state index in [-0.39, 0.29) is 0 Å². The summed E-state index contributed by atoms with van der Waals surface area (Å²) in [5.41, 5.74) is 3.87. The average Bonchev–Trinajstić information content (AvgIpc) is 3.16. The van der Waals surface area contributed by atoms with Crippen molar-refractivity contribution in [2.24, 2.45) is 10.9 Å². The van der Waals surface area contributed by atoms with Gasteiger partial charge in [0.2, 0.25) is 0 Å². The minimum Gasteiger partial charge on any atom is -0.307 e. The van der Waals surface area contributed by atoms with Crippen LogP contribution >= 0.6 is 15.9 Å². The summed E-state index contributed by atoms with van der Waals surface area (Å²) in [7, 11) is 0. The fourth-order valence-electron chi connectivity index (χ4n) is 2.72. The first-order chi connectivity index (χ1) is 12.2. The van der Waals surface area contributed by atoms with Crippen LogP contribution in [0.15, 0.2) is 58.0 Å². The topological polar surface area (TPSA) is 29.4 Å². The zero-order valence-electron chi connectivity index (χ0n) is 16.1. The molecule has 25 heavy (non-hydrogen) atoms. The van der Waals surface area contributed by atoms with Gasteiger partial charge in [0.15, 0.2) is 0 Å². The summed E-state index contributed by atoms with van der Waals surface area (Å²) in [6.07, 6.45) is 8.86. The summed E-state index contributed by atoms with van der Waals surface area (Å²) in [6.45, 7) is 14.3. The lowest BCUT2D eigenvalue weighted by atomic mass is 9.98. The third-order valence-corrected chi connectivity index (χ3v) is 4.97. The van der Waals surface area contributed by atoms with Crippen molar-refractivity contribution in [1.29, 1.82) is 0 Å². The molecule has 1 aliphatic heterocycles. The van der Waals surface area contributed by atoms with E-state index in [9.17, 15) is 0 Å². The van der Waals surface area contributed by atoms with Crippen LogP contribution in [0.1, 0.15) is 58.9 Å². The van der Waals surface area contributed by atoms with Gasteiger partial charge < -0.3 is 4.79 Å². The van der Waals surface area contributed by atoms with Crippen molar-refractivity contribution in [2.75, 3.05) is 0 Å². The Morgan fingerprint density at radius 2 is 2.00 bits per heavy atom. The molecule has 1 aromatic rings. The monoisotopic (exact) mass is 405 g/mol. The van der Waals surface area contributed by atoms with Gasteiger partial charge in [0.05, 0.1) is 6.04 Å². The van der Waals surface area contributed by atoms with Crippen LogP contribution in [0.4, 0.5) is 0 Å². The van der Waals surface area contributed by atoms with E-state index in [0.717, 1.165) is 30.2 Å². The van der Waals surface area contributed by atoms with Crippen molar-refractivity contribution in [1.82, 2.24) is 0 Å². The second kappa shape index (κ2) is 13.8. The Bertz CT molecular complexity index is 577. The molecule has 0 saturated carbocycles. The minimum absolute atomic E-state index is 0.356. The third kappa shape index (κ3) is 7.52. The van der Waals surface area contributed by atoms with Gasteiger partial charge in [-0.05, 0) is 44.6 Å². The number of benzene rings is 1. The predicted octanol–water partition coefficient (Wildman–Crippen LogP) is 6.79. The summed E-state index contributed by atoms with van der Waals surface area (Å²) in [5, 5.41) is 0. The number of carbonyl (C=O) groups excluding carboxylic acids is 1. The van der Waals surface area contributed by atoms with Gasteiger partial charge in [-0.2, -0.15) is 0 Å². The molecule has 2 unspecified atom stereocenters. The van der Waals surface area contributed by atoms with E-state index in [0.29, 0.717) is 12.0 Å². The largest absolute Gasteiger partial charge is 0.307 e. The Hall–Kier alpha value is -1.48. The van der Waals surface area contributed by atoms with Crippen LogP contribution in [-0.4, -0.2) is 18.5 Å². The number of aliphatic imine (C=N–C) groups is 1. The van der Waals surface area contributed by atoms with E-state index >= 15 is 0 Å². The first kappa shape index (κ1) is 23.5. The zero-order chi connectivity index (χ0) is 19.2. The molecule has 0 radical (unpaired) electrons. The Balaban J connectivity index is 0.00000134. The highest BCUT2D eigenvalue weighted by Gasteiger charge is 2.20. The van der Waals surface area contributed by atoms with Gasteiger partial charge >= 0.3 is 0 Å². The Morgan fingerprint density at radius 3 is 2.56 bits per heavy atom. The summed E-state index contributed by atoms with van der Waals surface area (Å²) >= 11 is 3.63. The van der Waals surface area contributed by atoms with Crippen LogP contribution in [0.3, 0.4) is 0 Å². The maximum absolute atomic E-state index is 8.00. The van der Waals surface area contributed by atoms with Crippen molar-refractivity contribution < 1.29 is 4.79 Å². The number of rotatable bonds is 6. The molecule has 0 aliphatic carbocycles. The number of allylic oxidation sites excluding steroid dienone is 2. The fourth-order valence-corrected chi connectivity index (χ4v) is 3.24. The molecule has 0 fully saturated rings. The molecule has 3 heteroatoms. The zero-order valence-corrected chi connectivity index (χ0v) is 17.7. The summed E-state index contributed by atoms with van der Waals surface area (Å²) in [6, 6.07) is 8.72. The number of nitrogens with zero attached hydrogens (tertiary/aromatic N) is 1. The Kier molecular flexibility index (Phi) is 13.0. The van der Waals surface area contributed by atoms with Crippen molar-refractivity contribution in [3.05, 3.63) is 58.6 Å². The smallest absolute Gasteiger partial charge is 0.106 e. The SMILES string of the molecule is C=CC(CC)C/C=C(\C)C1CCC(c2ccccc2Br)=N1.C=O.CC. The lowest BCUT2D eigenvalue weighted by Crippen LogP contribution is -2.02. The van der Waals surface area contributed by atoms with Crippen molar-refractivity contribution >= 4 is 28.4 Å². The molecule has 0 aromatic heterocycles.